The van der Waals surface area contributed by atoms with Crippen LogP contribution in [-0.4, -0.2) is 10.9 Å². The van der Waals surface area contributed by atoms with Gasteiger partial charge in [-0.1, -0.05) is 35.9 Å². The van der Waals surface area contributed by atoms with Crippen molar-refractivity contribution >= 4 is 23.2 Å². The standard InChI is InChI=1S/C22H17ClF2N2O/c23-19-7-2-1-6-16(19)17-12-18(17)22(28)27(13-15-5-3-4-10-26-15)21-9-8-14(24)11-20(21)25/h1-11,17-18H,12-13H2. The van der Waals surface area contributed by atoms with E-state index in [1.165, 1.54) is 11.0 Å². The van der Waals surface area contributed by atoms with Gasteiger partial charge in [0.2, 0.25) is 5.91 Å². The number of carbonyl (C=O) groups is 1. The Bertz CT molecular complexity index is 1010. The molecule has 1 aliphatic carbocycles. The normalized spacial score (nSPS) is 18.0. The summed E-state index contributed by atoms with van der Waals surface area (Å²) in [6.45, 7) is 0.105. The van der Waals surface area contributed by atoms with Crippen molar-refractivity contribution in [2.24, 2.45) is 5.92 Å². The third-order valence-corrected chi connectivity index (χ3v) is 5.27. The second-order valence-corrected chi connectivity index (χ2v) is 7.22. The van der Waals surface area contributed by atoms with E-state index in [9.17, 15) is 13.6 Å². The highest BCUT2D eigenvalue weighted by atomic mass is 35.5. The van der Waals surface area contributed by atoms with E-state index in [1.807, 2.05) is 18.2 Å². The summed E-state index contributed by atoms with van der Waals surface area (Å²) in [6, 6.07) is 16.0. The zero-order valence-electron chi connectivity index (χ0n) is 14.9. The van der Waals surface area contributed by atoms with Crippen molar-refractivity contribution < 1.29 is 13.6 Å². The Kier molecular flexibility index (Phi) is 5.09. The van der Waals surface area contributed by atoms with Gasteiger partial charge in [-0.25, -0.2) is 8.78 Å². The fourth-order valence-electron chi connectivity index (χ4n) is 3.42. The van der Waals surface area contributed by atoms with E-state index in [0.717, 1.165) is 17.7 Å². The van der Waals surface area contributed by atoms with Crippen molar-refractivity contribution in [3.8, 4) is 0 Å². The van der Waals surface area contributed by atoms with E-state index in [2.05, 4.69) is 4.98 Å². The number of pyridine rings is 1. The summed E-state index contributed by atoms with van der Waals surface area (Å²) < 4.78 is 27.8. The molecule has 2 atom stereocenters. The van der Waals surface area contributed by atoms with E-state index in [-0.39, 0.29) is 30.0 Å². The molecule has 1 fully saturated rings. The van der Waals surface area contributed by atoms with Gasteiger partial charge in [0.25, 0.3) is 0 Å². The van der Waals surface area contributed by atoms with Gasteiger partial charge in [-0.05, 0) is 48.2 Å². The summed E-state index contributed by atoms with van der Waals surface area (Å²) in [5.41, 5.74) is 1.58. The number of benzene rings is 2. The maximum Gasteiger partial charge on any atom is 0.231 e. The molecule has 0 saturated heterocycles. The number of hydrogen-bond donors (Lipinski definition) is 0. The summed E-state index contributed by atoms with van der Waals surface area (Å²) in [5.74, 6) is -1.99. The second-order valence-electron chi connectivity index (χ2n) is 6.81. The Labute approximate surface area is 166 Å². The highest BCUT2D eigenvalue weighted by molar-refractivity contribution is 6.31. The highest BCUT2D eigenvalue weighted by Crippen LogP contribution is 2.51. The second kappa shape index (κ2) is 7.68. The number of amides is 1. The molecule has 2 unspecified atom stereocenters. The van der Waals surface area contributed by atoms with E-state index in [4.69, 9.17) is 11.6 Å². The predicted octanol–water partition coefficient (Wildman–Crippen LogP) is 5.35. The molecule has 0 spiro atoms. The molecule has 1 heterocycles. The lowest BCUT2D eigenvalue weighted by atomic mass is 10.1. The number of nitrogens with zero attached hydrogens (tertiary/aromatic N) is 2. The smallest absolute Gasteiger partial charge is 0.231 e. The first-order chi connectivity index (χ1) is 13.5. The maximum absolute atomic E-state index is 14.5. The number of halogens is 3. The number of anilines is 1. The summed E-state index contributed by atoms with van der Waals surface area (Å²) in [7, 11) is 0. The molecular weight excluding hydrogens is 382 g/mol. The van der Waals surface area contributed by atoms with Gasteiger partial charge in [0.1, 0.15) is 11.6 Å². The number of aromatic nitrogens is 1. The van der Waals surface area contributed by atoms with Crippen LogP contribution in [-0.2, 0) is 11.3 Å². The molecule has 6 heteroatoms. The number of hydrogen-bond acceptors (Lipinski definition) is 2. The quantitative estimate of drug-likeness (QED) is 0.580. The third-order valence-electron chi connectivity index (χ3n) is 4.93. The van der Waals surface area contributed by atoms with Crippen LogP contribution in [0.25, 0.3) is 0 Å². The molecule has 0 bridgehead atoms. The van der Waals surface area contributed by atoms with Crippen molar-refractivity contribution in [1.29, 1.82) is 0 Å². The molecule has 0 radical (unpaired) electrons. The molecule has 28 heavy (non-hydrogen) atoms. The monoisotopic (exact) mass is 398 g/mol. The first-order valence-electron chi connectivity index (χ1n) is 8.95. The van der Waals surface area contributed by atoms with Crippen LogP contribution in [0, 0.1) is 17.6 Å². The molecule has 3 aromatic rings. The number of rotatable bonds is 5. The van der Waals surface area contributed by atoms with Gasteiger partial charge in [0, 0.05) is 23.2 Å². The van der Waals surface area contributed by atoms with Crippen molar-refractivity contribution in [3.05, 3.63) is 94.8 Å². The van der Waals surface area contributed by atoms with Gasteiger partial charge in [0.15, 0.2) is 0 Å². The fourth-order valence-corrected chi connectivity index (χ4v) is 3.70. The van der Waals surface area contributed by atoms with Crippen molar-refractivity contribution in [1.82, 2.24) is 4.98 Å². The Balaban J connectivity index is 1.64. The Morgan fingerprint density at radius 3 is 2.61 bits per heavy atom. The van der Waals surface area contributed by atoms with E-state index in [1.54, 1.807) is 30.5 Å². The molecular formula is C22H17ClF2N2O. The SMILES string of the molecule is O=C(C1CC1c1ccccc1Cl)N(Cc1ccccn1)c1ccc(F)cc1F. The molecule has 0 N–H and O–H groups in total. The van der Waals surface area contributed by atoms with E-state index >= 15 is 0 Å². The van der Waals surface area contributed by atoms with Gasteiger partial charge < -0.3 is 4.90 Å². The van der Waals surface area contributed by atoms with Crippen molar-refractivity contribution in [3.63, 3.8) is 0 Å². The molecule has 0 aliphatic heterocycles. The van der Waals surface area contributed by atoms with Gasteiger partial charge in [-0.3, -0.25) is 9.78 Å². The zero-order valence-corrected chi connectivity index (χ0v) is 15.6. The summed E-state index contributed by atoms with van der Waals surface area (Å²) >= 11 is 6.26. The minimum atomic E-state index is -0.778. The lowest BCUT2D eigenvalue weighted by Gasteiger charge is -2.23. The zero-order chi connectivity index (χ0) is 19.7. The third kappa shape index (κ3) is 3.76. The minimum Gasteiger partial charge on any atom is -0.303 e. The fraction of sp³-hybridized carbons (Fsp3) is 0.182. The Hall–Kier alpha value is -2.79. The minimum absolute atomic E-state index is 0.00376. The van der Waals surface area contributed by atoms with Crippen LogP contribution < -0.4 is 4.90 Å². The van der Waals surface area contributed by atoms with E-state index < -0.39 is 11.6 Å². The maximum atomic E-state index is 14.5. The molecule has 1 aromatic heterocycles. The van der Waals surface area contributed by atoms with Crippen LogP contribution in [0.1, 0.15) is 23.6 Å². The molecule has 1 saturated carbocycles. The summed E-state index contributed by atoms with van der Waals surface area (Å²) in [5, 5.41) is 0.618. The van der Waals surface area contributed by atoms with Gasteiger partial charge in [0.05, 0.1) is 17.9 Å². The van der Waals surface area contributed by atoms with Crippen molar-refractivity contribution in [2.45, 2.75) is 18.9 Å². The van der Waals surface area contributed by atoms with Gasteiger partial charge in [-0.15, -0.1) is 0 Å². The van der Waals surface area contributed by atoms with Gasteiger partial charge in [-0.2, -0.15) is 0 Å². The van der Waals surface area contributed by atoms with Crippen LogP contribution in [0.4, 0.5) is 14.5 Å². The average Bonchev–Trinajstić information content (AvgIpc) is 3.48. The van der Waals surface area contributed by atoms with Crippen LogP contribution in [0.5, 0.6) is 0 Å². The topological polar surface area (TPSA) is 33.2 Å². The van der Waals surface area contributed by atoms with Crippen LogP contribution >= 0.6 is 11.6 Å². The molecule has 1 aliphatic rings. The van der Waals surface area contributed by atoms with Crippen LogP contribution in [0.15, 0.2) is 66.9 Å². The molecule has 2 aromatic carbocycles. The Morgan fingerprint density at radius 2 is 1.89 bits per heavy atom. The lowest BCUT2D eigenvalue weighted by molar-refractivity contribution is -0.120. The van der Waals surface area contributed by atoms with Crippen LogP contribution in [0.3, 0.4) is 0 Å². The predicted molar refractivity (Wildman–Crippen MR) is 104 cm³/mol. The average molecular weight is 399 g/mol. The first-order valence-corrected chi connectivity index (χ1v) is 9.33. The van der Waals surface area contributed by atoms with Crippen LogP contribution in [0.2, 0.25) is 5.02 Å². The summed E-state index contributed by atoms with van der Waals surface area (Å²) in [6.07, 6.45) is 2.26. The first kappa shape index (κ1) is 18.6. The molecule has 3 nitrogen and oxygen atoms in total. The highest BCUT2D eigenvalue weighted by Gasteiger charge is 2.47. The molecule has 1 amide bonds. The number of carbonyl (C=O) groups excluding carboxylic acids is 1. The van der Waals surface area contributed by atoms with Gasteiger partial charge >= 0.3 is 0 Å². The molecule has 4 rings (SSSR count). The summed E-state index contributed by atoms with van der Waals surface area (Å²) in [4.78, 5) is 18.8. The molecule has 142 valence electrons. The van der Waals surface area contributed by atoms with Crippen molar-refractivity contribution in [2.75, 3.05) is 4.90 Å². The lowest BCUT2D eigenvalue weighted by Crippen LogP contribution is -2.33. The largest absolute Gasteiger partial charge is 0.303 e. The van der Waals surface area contributed by atoms with E-state index in [0.29, 0.717) is 17.1 Å². The Morgan fingerprint density at radius 1 is 1.11 bits per heavy atom.